The van der Waals surface area contributed by atoms with Crippen LogP contribution in [0, 0.1) is 0 Å². The highest BCUT2D eigenvalue weighted by Gasteiger charge is 2.39. The minimum absolute atomic E-state index is 0.0307. The Kier molecular flexibility index (Phi) is 3.25. The Labute approximate surface area is 114 Å². The zero-order valence-corrected chi connectivity index (χ0v) is 11.0. The Hall–Kier alpha value is -1.63. The number of rotatable bonds is 2. The van der Waals surface area contributed by atoms with Gasteiger partial charge >= 0.3 is 6.18 Å². The van der Waals surface area contributed by atoms with E-state index in [1.165, 1.54) is 0 Å². The molecule has 0 saturated heterocycles. The third kappa shape index (κ3) is 2.42. The molecule has 1 aliphatic heterocycles. The summed E-state index contributed by atoms with van der Waals surface area (Å²) in [5.41, 5.74) is -1.01. The predicted molar refractivity (Wildman–Crippen MR) is 66.2 cm³/mol. The summed E-state index contributed by atoms with van der Waals surface area (Å²) in [5, 5.41) is 0. The van der Waals surface area contributed by atoms with Crippen LogP contribution in [0.1, 0.15) is 15.9 Å². The van der Waals surface area contributed by atoms with Crippen LogP contribution in [0.25, 0.3) is 0 Å². The second-order valence-corrected chi connectivity index (χ2v) is 5.09. The van der Waals surface area contributed by atoms with Crippen molar-refractivity contribution in [3.05, 3.63) is 40.4 Å². The molecule has 0 fully saturated rings. The number of anilines is 1. The number of hydrogen-bond acceptors (Lipinski definition) is 2. The average molecular weight is 334 g/mol. The van der Waals surface area contributed by atoms with Gasteiger partial charge in [-0.1, -0.05) is 22.5 Å². The van der Waals surface area contributed by atoms with Crippen molar-refractivity contribution in [3.63, 3.8) is 0 Å². The summed E-state index contributed by atoms with van der Waals surface area (Å²) in [6.07, 6.45) is -4.55. The Morgan fingerprint density at radius 3 is 2.47 bits per heavy atom. The Morgan fingerprint density at radius 2 is 1.95 bits per heavy atom. The van der Waals surface area contributed by atoms with E-state index in [9.17, 15) is 22.8 Å². The second kappa shape index (κ2) is 4.48. The van der Waals surface area contributed by atoms with Crippen molar-refractivity contribution in [3.8, 4) is 0 Å². The molecule has 1 aromatic carbocycles. The Morgan fingerprint density at radius 1 is 1.32 bits per heavy atom. The van der Waals surface area contributed by atoms with Gasteiger partial charge in [0.1, 0.15) is 0 Å². The van der Waals surface area contributed by atoms with Gasteiger partial charge in [0, 0.05) is 4.48 Å². The van der Waals surface area contributed by atoms with E-state index >= 15 is 0 Å². The maximum atomic E-state index is 12.6. The zero-order valence-electron chi connectivity index (χ0n) is 9.42. The summed E-state index contributed by atoms with van der Waals surface area (Å²) < 4.78 is 38.1. The van der Waals surface area contributed by atoms with Crippen LogP contribution >= 0.6 is 15.9 Å². The topological polar surface area (TPSA) is 37.4 Å². The van der Waals surface area contributed by atoms with Gasteiger partial charge in [-0.25, -0.2) is 0 Å². The molecule has 0 saturated carbocycles. The van der Waals surface area contributed by atoms with E-state index in [1.807, 2.05) is 0 Å². The standard InChI is InChI=1S/C12H7BrF3NO2/c1-6(13)5-17-9-3-2-7(12(14,15)16)4-8(9)10(18)11(17)19/h2-4H,1,5H2. The summed E-state index contributed by atoms with van der Waals surface area (Å²) in [6.45, 7) is 3.57. The minimum Gasteiger partial charge on any atom is -0.300 e. The van der Waals surface area contributed by atoms with Crippen LogP contribution in [-0.4, -0.2) is 18.2 Å². The maximum absolute atomic E-state index is 12.6. The van der Waals surface area contributed by atoms with Crippen LogP contribution in [0.2, 0.25) is 0 Å². The van der Waals surface area contributed by atoms with Crippen LogP contribution in [0.15, 0.2) is 29.3 Å². The first-order valence-corrected chi connectivity index (χ1v) is 5.92. The van der Waals surface area contributed by atoms with Crippen molar-refractivity contribution >= 4 is 33.3 Å². The molecular formula is C12H7BrF3NO2. The monoisotopic (exact) mass is 333 g/mol. The fourth-order valence-corrected chi connectivity index (χ4v) is 2.06. The Bertz CT molecular complexity index is 595. The van der Waals surface area contributed by atoms with E-state index < -0.39 is 23.4 Å². The van der Waals surface area contributed by atoms with Crippen molar-refractivity contribution in [1.82, 2.24) is 0 Å². The van der Waals surface area contributed by atoms with E-state index in [0.717, 1.165) is 17.0 Å². The number of amides is 1. The number of carbonyl (C=O) groups is 2. The molecule has 1 aromatic rings. The van der Waals surface area contributed by atoms with Crippen LogP contribution in [0.3, 0.4) is 0 Å². The van der Waals surface area contributed by atoms with Gasteiger partial charge in [-0.15, -0.1) is 0 Å². The van der Waals surface area contributed by atoms with Gasteiger partial charge < -0.3 is 0 Å². The number of alkyl halides is 3. The molecule has 0 unspecified atom stereocenters. The first-order valence-electron chi connectivity index (χ1n) is 5.12. The van der Waals surface area contributed by atoms with Crippen LogP contribution in [0.5, 0.6) is 0 Å². The first kappa shape index (κ1) is 13.8. The Balaban J connectivity index is 2.50. The summed E-state index contributed by atoms with van der Waals surface area (Å²) in [6, 6.07) is 2.66. The fraction of sp³-hybridized carbons (Fsp3) is 0.167. The van der Waals surface area contributed by atoms with Gasteiger partial charge in [-0.2, -0.15) is 13.2 Å². The SMILES string of the molecule is C=C(Br)CN1C(=O)C(=O)c2cc(C(F)(F)F)ccc21. The van der Waals surface area contributed by atoms with E-state index in [4.69, 9.17) is 0 Å². The molecule has 7 heteroatoms. The lowest BCUT2D eigenvalue weighted by Gasteiger charge is -2.16. The zero-order chi connectivity index (χ0) is 14.4. The highest BCUT2D eigenvalue weighted by atomic mass is 79.9. The highest BCUT2D eigenvalue weighted by Crippen LogP contribution is 2.36. The number of nitrogens with zero attached hydrogens (tertiary/aromatic N) is 1. The first-order chi connectivity index (χ1) is 8.71. The highest BCUT2D eigenvalue weighted by molar-refractivity contribution is 9.11. The largest absolute Gasteiger partial charge is 0.416 e. The maximum Gasteiger partial charge on any atom is 0.416 e. The minimum atomic E-state index is -4.55. The van der Waals surface area contributed by atoms with E-state index in [0.29, 0.717) is 10.5 Å². The predicted octanol–water partition coefficient (Wildman–Crippen LogP) is 3.14. The summed E-state index contributed by atoms with van der Waals surface area (Å²) in [4.78, 5) is 24.4. The molecule has 0 bridgehead atoms. The molecule has 2 rings (SSSR count). The van der Waals surface area contributed by atoms with E-state index in [1.54, 1.807) is 0 Å². The lowest BCUT2D eigenvalue weighted by molar-refractivity contribution is -0.137. The van der Waals surface area contributed by atoms with E-state index in [-0.39, 0.29) is 17.8 Å². The van der Waals surface area contributed by atoms with Gasteiger partial charge in [0.25, 0.3) is 11.7 Å². The van der Waals surface area contributed by atoms with Crippen LogP contribution in [0.4, 0.5) is 18.9 Å². The normalized spacial score (nSPS) is 14.8. The summed E-state index contributed by atoms with van der Waals surface area (Å²) in [5.74, 6) is -1.79. The quantitative estimate of drug-likeness (QED) is 0.780. The number of halogens is 4. The number of carbonyl (C=O) groups excluding carboxylic acids is 2. The summed E-state index contributed by atoms with van der Waals surface area (Å²) >= 11 is 3.05. The van der Waals surface area contributed by atoms with Gasteiger partial charge in [0.05, 0.1) is 23.4 Å². The smallest absolute Gasteiger partial charge is 0.300 e. The molecule has 19 heavy (non-hydrogen) atoms. The lowest BCUT2D eigenvalue weighted by Crippen LogP contribution is -2.30. The number of benzene rings is 1. The molecule has 1 amide bonds. The van der Waals surface area contributed by atoms with Crippen molar-refractivity contribution in [2.75, 3.05) is 11.4 Å². The van der Waals surface area contributed by atoms with Crippen molar-refractivity contribution in [2.45, 2.75) is 6.18 Å². The third-order valence-electron chi connectivity index (χ3n) is 2.63. The molecule has 1 heterocycles. The average Bonchev–Trinajstić information content (AvgIpc) is 2.53. The molecule has 1 aliphatic rings. The molecule has 0 radical (unpaired) electrons. The molecular weight excluding hydrogens is 327 g/mol. The number of Topliss-reactive ketones (excluding diaryl/α,β-unsaturated/α-hetero) is 1. The van der Waals surface area contributed by atoms with E-state index in [2.05, 4.69) is 22.5 Å². The summed E-state index contributed by atoms with van der Waals surface area (Å²) in [7, 11) is 0. The lowest BCUT2D eigenvalue weighted by atomic mass is 10.1. The van der Waals surface area contributed by atoms with Gasteiger partial charge in [0.2, 0.25) is 0 Å². The number of hydrogen-bond donors (Lipinski definition) is 0. The molecule has 100 valence electrons. The van der Waals surface area contributed by atoms with Crippen molar-refractivity contribution in [1.29, 1.82) is 0 Å². The molecule has 0 N–H and O–H groups in total. The van der Waals surface area contributed by atoms with Crippen molar-refractivity contribution < 1.29 is 22.8 Å². The second-order valence-electron chi connectivity index (χ2n) is 3.97. The van der Waals surface area contributed by atoms with Gasteiger partial charge in [-0.05, 0) is 18.2 Å². The van der Waals surface area contributed by atoms with Gasteiger partial charge in [0.15, 0.2) is 0 Å². The molecule has 0 atom stereocenters. The van der Waals surface area contributed by atoms with Gasteiger partial charge in [-0.3, -0.25) is 14.5 Å². The number of fused-ring (bicyclic) bond motifs is 1. The van der Waals surface area contributed by atoms with Crippen molar-refractivity contribution in [2.24, 2.45) is 0 Å². The molecule has 0 spiro atoms. The molecule has 0 aliphatic carbocycles. The van der Waals surface area contributed by atoms with Crippen LogP contribution < -0.4 is 4.90 Å². The number of ketones is 1. The van der Waals surface area contributed by atoms with Crippen LogP contribution in [-0.2, 0) is 11.0 Å². The fourth-order valence-electron chi connectivity index (χ4n) is 1.81. The third-order valence-corrected chi connectivity index (χ3v) is 2.88. The molecule has 3 nitrogen and oxygen atoms in total. The molecule has 0 aromatic heterocycles.